The Labute approximate surface area is 96.4 Å². The average Bonchev–Trinajstić information content (AvgIpc) is 2.81. The molecule has 0 aromatic rings. The summed E-state index contributed by atoms with van der Waals surface area (Å²) in [5.41, 5.74) is 2.79. The maximum Gasteiger partial charge on any atom is 0.407 e. The van der Waals surface area contributed by atoms with Crippen molar-refractivity contribution in [2.75, 3.05) is 0 Å². The summed E-state index contributed by atoms with van der Waals surface area (Å²) >= 11 is 4.45. The van der Waals surface area contributed by atoms with Gasteiger partial charge in [-0.3, -0.25) is 0 Å². The number of hydrogen-bond donors (Lipinski definition) is 2. The summed E-state index contributed by atoms with van der Waals surface area (Å²) in [7, 11) is -4.17. The van der Waals surface area contributed by atoms with Crippen LogP contribution in [-0.4, -0.2) is 30.4 Å². The van der Waals surface area contributed by atoms with E-state index in [0.29, 0.717) is 0 Å². The molecule has 0 aliphatic heterocycles. The summed E-state index contributed by atoms with van der Waals surface area (Å²) in [6.07, 6.45) is -5.09. The number of nitrogens with two attached hydrogens (primary N) is 1. The van der Waals surface area contributed by atoms with E-state index >= 15 is 0 Å². The lowest BCUT2D eigenvalue weighted by Gasteiger charge is -2.22. The van der Waals surface area contributed by atoms with Crippen LogP contribution in [0.5, 0.6) is 0 Å². The Bertz CT molecular complexity index is 400. The molecule has 1 rings (SSSR count). The SMILES string of the molecule is CC(C(N)=S)S(=O)(=O)NC1(C(F)(F)F)CC1. The van der Waals surface area contributed by atoms with Crippen molar-refractivity contribution in [3.8, 4) is 0 Å². The highest BCUT2D eigenvalue weighted by Gasteiger charge is 2.65. The van der Waals surface area contributed by atoms with E-state index in [9.17, 15) is 21.6 Å². The number of halogens is 3. The maximum absolute atomic E-state index is 12.5. The van der Waals surface area contributed by atoms with E-state index in [1.165, 1.54) is 0 Å². The molecular formula is C7H11F3N2O2S2. The molecule has 9 heteroatoms. The van der Waals surface area contributed by atoms with Crippen LogP contribution in [-0.2, 0) is 10.0 Å². The molecule has 4 nitrogen and oxygen atoms in total. The predicted octanol–water partition coefficient (Wildman–Crippen LogP) is 0.675. The van der Waals surface area contributed by atoms with Gasteiger partial charge in [-0.25, -0.2) is 8.42 Å². The zero-order valence-corrected chi connectivity index (χ0v) is 9.97. The molecule has 1 saturated carbocycles. The molecule has 0 spiro atoms. The van der Waals surface area contributed by atoms with Gasteiger partial charge in [-0.15, -0.1) is 0 Å². The molecule has 1 fully saturated rings. The molecule has 0 saturated heterocycles. The van der Waals surface area contributed by atoms with E-state index in [0.717, 1.165) is 6.92 Å². The minimum atomic E-state index is -4.59. The Morgan fingerprint density at radius 2 is 1.94 bits per heavy atom. The monoisotopic (exact) mass is 276 g/mol. The number of alkyl halides is 3. The fourth-order valence-electron chi connectivity index (χ4n) is 1.08. The van der Waals surface area contributed by atoms with Gasteiger partial charge < -0.3 is 5.73 Å². The Hall–Kier alpha value is -0.410. The quantitative estimate of drug-likeness (QED) is 0.741. The van der Waals surface area contributed by atoms with Gasteiger partial charge in [0, 0.05) is 0 Å². The third-order valence-corrected chi connectivity index (χ3v) is 4.86. The van der Waals surface area contributed by atoms with Crippen LogP contribution in [0.15, 0.2) is 0 Å². The lowest BCUT2D eigenvalue weighted by atomic mass is 10.3. The number of rotatable bonds is 4. The van der Waals surface area contributed by atoms with E-state index in [-0.39, 0.29) is 17.8 Å². The number of thiocarbonyl (C=S) groups is 1. The summed E-state index contributed by atoms with van der Waals surface area (Å²) in [5.74, 6) is 0. The first-order chi connectivity index (χ1) is 7.02. The summed E-state index contributed by atoms with van der Waals surface area (Å²) in [6.45, 7) is 1.15. The Morgan fingerprint density at radius 1 is 1.50 bits per heavy atom. The molecule has 0 bridgehead atoms. The van der Waals surface area contributed by atoms with Crippen LogP contribution in [0.4, 0.5) is 13.2 Å². The highest BCUT2D eigenvalue weighted by atomic mass is 32.2. The standard InChI is InChI=1S/C7H11F3N2O2S2/c1-4(5(11)15)16(13,14)12-6(2-3-6)7(8,9)10/h4,12H,2-3H2,1H3,(H2,11,15). The molecule has 16 heavy (non-hydrogen) atoms. The first kappa shape index (κ1) is 13.7. The summed E-state index contributed by atoms with van der Waals surface area (Å²) in [6, 6.07) is 0. The second kappa shape index (κ2) is 3.81. The zero-order valence-electron chi connectivity index (χ0n) is 8.34. The maximum atomic E-state index is 12.5. The van der Waals surface area contributed by atoms with E-state index < -0.39 is 27.0 Å². The molecule has 0 heterocycles. The van der Waals surface area contributed by atoms with E-state index in [2.05, 4.69) is 12.2 Å². The van der Waals surface area contributed by atoms with Gasteiger partial charge in [0.15, 0.2) is 0 Å². The molecular weight excluding hydrogens is 265 g/mol. The van der Waals surface area contributed by atoms with Crippen molar-refractivity contribution in [3.63, 3.8) is 0 Å². The molecule has 94 valence electrons. The molecule has 3 N–H and O–H groups in total. The topological polar surface area (TPSA) is 72.2 Å². The van der Waals surface area contributed by atoms with E-state index in [1.54, 1.807) is 4.72 Å². The summed E-state index contributed by atoms with van der Waals surface area (Å²) in [5, 5.41) is -1.32. The second-order valence-electron chi connectivity index (χ2n) is 3.77. The molecule has 0 amide bonds. The number of hydrogen-bond acceptors (Lipinski definition) is 3. The molecule has 0 radical (unpaired) electrons. The van der Waals surface area contributed by atoms with Crippen molar-refractivity contribution in [3.05, 3.63) is 0 Å². The van der Waals surface area contributed by atoms with Gasteiger partial charge in [0.1, 0.15) is 10.8 Å². The highest BCUT2D eigenvalue weighted by Crippen LogP contribution is 2.49. The minimum absolute atomic E-state index is 0.250. The molecule has 1 aliphatic rings. The van der Waals surface area contributed by atoms with Crippen LogP contribution in [0.2, 0.25) is 0 Å². The molecule has 0 aromatic heterocycles. The van der Waals surface area contributed by atoms with Gasteiger partial charge in [-0.05, 0) is 19.8 Å². The van der Waals surface area contributed by atoms with Gasteiger partial charge in [0.2, 0.25) is 10.0 Å². The Balaban J connectivity index is 2.87. The largest absolute Gasteiger partial charge is 0.407 e. The van der Waals surface area contributed by atoms with Crippen molar-refractivity contribution in [1.82, 2.24) is 4.72 Å². The average molecular weight is 276 g/mol. The smallest absolute Gasteiger partial charge is 0.392 e. The Kier molecular flexibility index (Phi) is 3.25. The van der Waals surface area contributed by atoms with Gasteiger partial charge in [0.05, 0.1) is 4.99 Å². The minimum Gasteiger partial charge on any atom is -0.392 e. The molecule has 1 aliphatic carbocycles. The molecule has 1 atom stereocenters. The number of sulfonamides is 1. The Morgan fingerprint density at radius 3 is 2.19 bits per heavy atom. The first-order valence-electron chi connectivity index (χ1n) is 4.41. The van der Waals surface area contributed by atoms with Gasteiger partial charge in [0.25, 0.3) is 0 Å². The highest BCUT2D eigenvalue weighted by molar-refractivity contribution is 7.93. The van der Waals surface area contributed by atoms with Crippen molar-refractivity contribution >= 4 is 27.2 Å². The summed E-state index contributed by atoms with van der Waals surface area (Å²) < 4.78 is 62.1. The third kappa shape index (κ3) is 2.46. The van der Waals surface area contributed by atoms with Crippen molar-refractivity contribution < 1.29 is 21.6 Å². The zero-order chi connectivity index (χ0) is 12.8. The predicted molar refractivity (Wildman–Crippen MR) is 56.3 cm³/mol. The third-order valence-electron chi connectivity index (χ3n) is 2.50. The number of nitrogens with one attached hydrogen (secondary N) is 1. The second-order valence-corrected chi connectivity index (χ2v) is 6.24. The van der Waals surface area contributed by atoms with Crippen molar-refractivity contribution in [2.45, 2.75) is 36.7 Å². The van der Waals surface area contributed by atoms with Crippen molar-refractivity contribution in [1.29, 1.82) is 0 Å². The van der Waals surface area contributed by atoms with Crippen LogP contribution in [0.25, 0.3) is 0 Å². The van der Waals surface area contributed by atoms with E-state index in [4.69, 9.17) is 5.73 Å². The van der Waals surface area contributed by atoms with Crippen molar-refractivity contribution in [2.24, 2.45) is 5.73 Å². The lowest BCUT2D eigenvalue weighted by molar-refractivity contribution is -0.160. The van der Waals surface area contributed by atoms with Crippen LogP contribution in [0, 0.1) is 0 Å². The lowest BCUT2D eigenvalue weighted by Crippen LogP contribution is -2.52. The fourth-order valence-corrected chi connectivity index (χ4v) is 2.81. The molecule has 1 unspecified atom stereocenters. The van der Waals surface area contributed by atoms with Crippen LogP contribution >= 0.6 is 12.2 Å². The fraction of sp³-hybridized carbons (Fsp3) is 0.857. The molecule has 0 aromatic carbocycles. The summed E-state index contributed by atoms with van der Waals surface area (Å²) in [4.78, 5) is -0.356. The van der Waals surface area contributed by atoms with E-state index in [1.807, 2.05) is 0 Å². The van der Waals surface area contributed by atoms with Gasteiger partial charge in [-0.1, -0.05) is 12.2 Å². The first-order valence-corrected chi connectivity index (χ1v) is 6.36. The van der Waals surface area contributed by atoms with Gasteiger partial charge in [-0.2, -0.15) is 17.9 Å². The van der Waals surface area contributed by atoms with Crippen LogP contribution in [0.3, 0.4) is 0 Å². The van der Waals surface area contributed by atoms with Crippen LogP contribution < -0.4 is 10.5 Å². The van der Waals surface area contributed by atoms with Gasteiger partial charge >= 0.3 is 6.18 Å². The normalized spacial score (nSPS) is 21.5. The van der Waals surface area contributed by atoms with Crippen LogP contribution in [0.1, 0.15) is 19.8 Å².